The Morgan fingerprint density at radius 3 is 2.56 bits per heavy atom. The molecular weight excluding hydrogens is 204 g/mol. The van der Waals surface area contributed by atoms with Crippen molar-refractivity contribution in [2.75, 3.05) is 5.32 Å². The van der Waals surface area contributed by atoms with Crippen LogP contribution in [0, 0.1) is 20.8 Å². The molecular formula is C11H14N4O. The lowest BCUT2D eigenvalue weighted by molar-refractivity contribution is 0.384. The summed E-state index contributed by atoms with van der Waals surface area (Å²) < 4.78 is 5.09. The molecule has 0 aliphatic carbocycles. The molecule has 0 saturated carbocycles. The maximum atomic E-state index is 5.09. The summed E-state index contributed by atoms with van der Waals surface area (Å²) in [6, 6.07) is 3.80. The van der Waals surface area contributed by atoms with Crippen LogP contribution in [0.4, 0.5) is 5.82 Å². The number of nitrogens with one attached hydrogen (secondary N) is 1. The van der Waals surface area contributed by atoms with Gasteiger partial charge in [0, 0.05) is 17.8 Å². The molecule has 0 spiro atoms. The Bertz CT molecular complexity index is 472. The van der Waals surface area contributed by atoms with Gasteiger partial charge in [0.2, 0.25) is 0 Å². The molecule has 1 N–H and O–H groups in total. The van der Waals surface area contributed by atoms with Gasteiger partial charge in [-0.05, 0) is 20.8 Å². The molecule has 0 radical (unpaired) electrons. The van der Waals surface area contributed by atoms with E-state index in [-0.39, 0.29) is 0 Å². The summed E-state index contributed by atoms with van der Waals surface area (Å²) in [5, 5.41) is 6.99. The van der Waals surface area contributed by atoms with E-state index in [2.05, 4.69) is 20.4 Å². The lowest BCUT2D eigenvalue weighted by atomic mass is 10.3. The van der Waals surface area contributed by atoms with Crippen LogP contribution in [-0.2, 0) is 6.54 Å². The van der Waals surface area contributed by atoms with Crippen LogP contribution in [0.2, 0.25) is 0 Å². The van der Waals surface area contributed by atoms with Gasteiger partial charge in [0.1, 0.15) is 11.6 Å². The molecule has 0 atom stereocenters. The van der Waals surface area contributed by atoms with Crippen molar-refractivity contribution in [1.29, 1.82) is 0 Å². The van der Waals surface area contributed by atoms with E-state index in [0.717, 1.165) is 28.8 Å². The summed E-state index contributed by atoms with van der Waals surface area (Å²) in [5.41, 5.74) is 1.83. The van der Waals surface area contributed by atoms with E-state index in [1.54, 1.807) is 0 Å². The molecule has 0 unspecified atom stereocenters. The molecule has 0 saturated heterocycles. The zero-order valence-electron chi connectivity index (χ0n) is 9.61. The van der Waals surface area contributed by atoms with Crippen molar-refractivity contribution < 1.29 is 4.52 Å². The Labute approximate surface area is 93.9 Å². The molecule has 2 aromatic heterocycles. The SMILES string of the molecule is Cc1cc(CNc2cc(C)nc(C)n2)on1. The van der Waals surface area contributed by atoms with Crippen LogP contribution in [0.15, 0.2) is 16.7 Å². The van der Waals surface area contributed by atoms with E-state index >= 15 is 0 Å². The zero-order chi connectivity index (χ0) is 11.5. The van der Waals surface area contributed by atoms with Crippen LogP contribution >= 0.6 is 0 Å². The molecule has 5 heteroatoms. The third-order valence-electron chi connectivity index (χ3n) is 2.09. The first-order valence-electron chi connectivity index (χ1n) is 5.12. The zero-order valence-corrected chi connectivity index (χ0v) is 9.61. The van der Waals surface area contributed by atoms with Crippen LogP contribution in [0.3, 0.4) is 0 Å². The smallest absolute Gasteiger partial charge is 0.156 e. The predicted octanol–water partition coefficient (Wildman–Crippen LogP) is 2.00. The largest absolute Gasteiger partial charge is 0.363 e. The highest BCUT2D eigenvalue weighted by Gasteiger charge is 2.02. The van der Waals surface area contributed by atoms with Crippen molar-refractivity contribution >= 4 is 5.82 Å². The van der Waals surface area contributed by atoms with Gasteiger partial charge in [-0.3, -0.25) is 0 Å². The second-order valence-electron chi connectivity index (χ2n) is 3.73. The van der Waals surface area contributed by atoms with E-state index in [1.165, 1.54) is 0 Å². The van der Waals surface area contributed by atoms with Gasteiger partial charge < -0.3 is 9.84 Å². The summed E-state index contributed by atoms with van der Waals surface area (Å²) in [4.78, 5) is 8.48. The van der Waals surface area contributed by atoms with E-state index < -0.39 is 0 Å². The van der Waals surface area contributed by atoms with Crippen molar-refractivity contribution in [2.45, 2.75) is 27.3 Å². The molecule has 0 bridgehead atoms. The van der Waals surface area contributed by atoms with Gasteiger partial charge >= 0.3 is 0 Å². The summed E-state index contributed by atoms with van der Waals surface area (Å²) in [6.45, 7) is 6.29. The fourth-order valence-corrected chi connectivity index (χ4v) is 1.48. The minimum absolute atomic E-state index is 0.580. The Balaban J connectivity index is 2.04. The van der Waals surface area contributed by atoms with Crippen LogP contribution in [-0.4, -0.2) is 15.1 Å². The van der Waals surface area contributed by atoms with Crippen LogP contribution in [0.25, 0.3) is 0 Å². The molecule has 0 aliphatic rings. The highest BCUT2D eigenvalue weighted by atomic mass is 16.5. The third kappa shape index (κ3) is 2.56. The Hall–Kier alpha value is -1.91. The van der Waals surface area contributed by atoms with E-state index in [1.807, 2.05) is 32.9 Å². The fraction of sp³-hybridized carbons (Fsp3) is 0.364. The predicted molar refractivity (Wildman–Crippen MR) is 60.1 cm³/mol. The van der Waals surface area contributed by atoms with Gasteiger partial charge in [0.15, 0.2) is 5.76 Å². The number of hydrogen-bond acceptors (Lipinski definition) is 5. The van der Waals surface area contributed by atoms with Gasteiger partial charge in [-0.1, -0.05) is 5.16 Å². The van der Waals surface area contributed by atoms with Gasteiger partial charge in [0.25, 0.3) is 0 Å². The highest BCUT2D eigenvalue weighted by Crippen LogP contribution is 2.08. The maximum absolute atomic E-state index is 5.09. The summed E-state index contributed by atoms with van der Waals surface area (Å²) >= 11 is 0. The van der Waals surface area contributed by atoms with Crippen LogP contribution < -0.4 is 5.32 Å². The molecule has 0 aromatic carbocycles. The third-order valence-corrected chi connectivity index (χ3v) is 2.09. The number of nitrogens with zero attached hydrogens (tertiary/aromatic N) is 3. The first-order chi connectivity index (χ1) is 7.63. The van der Waals surface area contributed by atoms with Crippen molar-refractivity contribution in [3.8, 4) is 0 Å². The number of aromatic nitrogens is 3. The lowest BCUT2D eigenvalue weighted by Crippen LogP contribution is -2.03. The standard InChI is InChI=1S/C11H14N4O/c1-7-5-11(14-9(3)13-7)12-6-10-4-8(2)15-16-10/h4-5H,6H2,1-3H3,(H,12,13,14). The molecule has 0 amide bonds. The van der Waals surface area contributed by atoms with Gasteiger partial charge in [-0.2, -0.15) is 0 Å². The molecule has 0 fully saturated rings. The number of rotatable bonds is 3. The molecule has 2 aromatic rings. The molecule has 5 nitrogen and oxygen atoms in total. The number of hydrogen-bond donors (Lipinski definition) is 1. The van der Waals surface area contributed by atoms with Gasteiger partial charge in [-0.15, -0.1) is 0 Å². The van der Waals surface area contributed by atoms with E-state index in [9.17, 15) is 0 Å². The first kappa shape index (κ1) is 10.6. The Kier molecular flexibility index (Phi) is 2.85. The minimum Gasteiger partial charge on any atom is -0.363 e. The van der Waals surface area contributed by atoms with Crippen molar-refractivity contribution in [2.24, 2.45) is 0 Å². The van der Waals surface area contributed by atoms with Crippen LogP contribution in [0.1, 0.15) is 23.0 Å². The monoisotopic (exact) mass is 218 g/mol. The van der Waals surface area contributed by atoms with Crippen molar-refractivity contribution in [1.82, 2.24) is 15.1 Å². The lowest BCUT2D eigenvalue weighted by Gasteiger charge is -2.04. The summed E-state index contributed by atoms with van der Waals surface area (Å²) in [7, 11) is 0. The quantitative estimate of drug-likeness (QED) is 0.853. The van der Waals surface area contributed by atoms with Gasteiger partial charge in [0.05, 0.1) is 12.2 Å². The topological polar surface area (TPSA) is 63.8 Å². The van der Waals surface area contributed by atoms with Gasteiger partial charge in [-0.25, -0.2) is 9.97 Å². The fourth-order valence-electron chi connectivity index (χ4n) is 1.48. The maximum Gasteiger partial charge on any atom is 0.156 e. The highest BCUT2D eigenvalue weighted by molar-refractivity contribution is 5.35. The van der Waals surface area contributed by atoms with Crippen LogP contribution in [0.5, 0.6) is 0 Å². The Morgan fingerprint density at radius 1 is 1.12 bits per heavy atom. The molecule has 16 heavy (non-hydrogen) atoms. The Morgan fingerprint density at radius 2 is 1.94 bits per heavy atom. The minimum atomic E-state index is 0.580. The summed E-state index contributed by atoms with van der Waals surface area (Å²) in [6.07, 6.45) is 0. The molecule has 0 aliphatic heterocycles. The molecule has 2 rings (SSSR count). The first-order valence-corrected chi connectivity index (χ1v) is 5.12. The average molecular weight is 218 g/mol. The van der Waals surface area contributed by atoms with Crippen molar-refractivity contribution in [3.63, 3.8) is 0 Å². The second kappa shape index (κ2) is 4.30. The number of aryl methyl sites for hydroxylation is 3. The molecule has 2 heterocycles. The van der Waals surface area contributed by atoms with Crippen molar-refractivity contribution in [3.05, 3.63) is 35.1 Å². The number of anilines is 1. The molecule has 84 valence electrons. The summed E-state index contributed by atoms with van der Waals surface area (Å²) in [5.74, 6) is 2.36. The second-order valence-corrected chi connectivity index (χ2v) is 3.73. The van der Waals surface area contributed by atoms with E-state index in [0.29, 0.717) is 6.54 Å². The van der Waals surface area contributed by atoms with E-state index in [4.69, 9.17) is 4.52 Å². The normalized spacial score (nSPS) is 10.4. The average Bonchev–Trinajstić information content (AvgIpc) is 2.60.